The molecule has 0 saturated heterocycles. The minimum Gasteiger partial charge on any atom is -0.327 e. The molecule has 0 spiro atoms. The van der Waals surface area contributed by atoms with Gasteiger partial charge in [0.2, 0.25) is 0 Å². The van der Waals surface area contributed by atoms with Gasteiger partial charge in [-0.05, 0) is 24.1 Å². The maximum absolute atomic E-state index is 11.2. The Bertz CT molecular complexity index is 729. The normalized spacial score (nSPS) is 10.8. The summed E-state index contributed by atoms with van der Waals surface area (Å²) in [4.78, 5) is 15.6. The Morgan fingerprint density at radius 3 is 2.74 bits per heavy atom. The second-order valence-electron chi connectivity index (χ2n) is 4.64. The molecule has 2 heterocycles. The number of carbonyl (C=O) groups is 1. The molecule has 0 aliphatic rings. The van der Waals surface area contributed by atoms with Gasteiger partial charge in [-0.1, -0.05) is 30.3 Å². The number of nitrogens with zero attached hydrogens (tertiary/aromatic N) is 2. The first-order valence-corrected chi connectivity index (χ1v) is 6.23. The molecule has 3 nitrogen and oxygen atoms in total. The van der Waals surface area contributed by atoms with Crippen LogP contribution in [0.25, 0.3) is 11.0 Å². The Labute approximate surface area is 111 Å². The van der Waals surface area contributed by atoms with E-state index in [2.05, 4.69) is 17.1 Å². The molecule has 0 atom stereocenters. The second-order valence-corrected chi connectivity index (χ2v) is 4.64. The van der Waals surface area contributed by atoms with Crippen LogP contribution in [-0.4, -0.2) is 15.8 Å². The second kappa shape index (κ2) is 4.69. The maximum Gasteiger partial charge on any atom is 0.152 e. The molecule has 2 aromatic heterocycles. The number of carbonyl (C=O) groups excluding carboxylic acids is 1. The summed E-state index contributed by atoms with van der Waals surface area (Å²) in [6.45, 7) is 2.73. The fourth-order valence-corrected chi connectivity index (χ4v) is 2.40. The minimum atomic E-state index is 0.705. The topological polar surface area (TPSA) is 34.9 Å². The summed E-state index contributed by atoms with van der Waals surface area (Å²) in [7, 11) is 0. The molecule has 0 fully saturated rings. The lowest BCUT2D eigenvalue weighted by Crippen LogP contribution is -1.98. The first kappa shape index (κ1) is 11.7. The largest absolute Gasteiger partial charge is 0.327 e. The molecule has 94 valence electrons. The van der Waals surface area contributed by atoms with E-state index in [1.807, 2.05) is 42.0 Å². The summed E-state index contributed by atoms with van der Waals surface area (Å²) in [6.07, 6.45) is 4.57. The van der Waals surface area contributed by atoms with E-state index in [4.69, 9.17) is 0 Å². The molecule has 0 aliphatic heterocycles. The van der Waals surface area contributed by atoms with Crippen molar-refractivity contribution in [2.24, 2.45) is 0 Å². The first-order chi connectivity index (χ1) is 9.29. The van der Waals surface area contributed by atoms with Crippen molar-refractivity contribution in [3.8, 4) is 0 Å². The number of hydrogen-bond acceptors (Lipinski definition) is 2. The summed E-state index contributed by atoms with van der Waals surface area (Å²) in [5, 5.41) is 0.952. The third kappa shape index (κ3) is 2.03. The molecule has 1 aromatic carbocycles. The molecule has 0 saturated carbocycles. The number of fused-ring (bicyclic) bond motifs is 1. The Kier molecular flexibility index (Phi) is 2.88. The highest BCUT2D eigenvalue weighted by Gasteiger charge is 2.11. The molecule has 0 radical (unpaired) electrons. The van der Waals surface area contributed by atoms with E-state index in [0.29, 0.717) is 5.56 Å². The molecule has 0 bridgehead atoms. The third-order valence-electron chi connectivity index (χ3n) is 3.32. The summed E-state index contributed by atoms with van der Waals surface area (Å²) >= 11 is 0. The van der Waals surface area contributed by atoms with Crippen LogP contribution in [0.3, 0.4) is 0 Å². The molecule has 0 unspecified atom stereocenters. The molecule has 0 amide bonds. The van der Waals surface area contributed by atoms with E-state index in [9.17, 15) is 4.79 Å². The van der Waals surface area contributed by atoms with Crippen LogP contribution < -0.4 is 0 Å². The molecule has 0 aliphatic carbocycles. The lowest BCUT2D eigenvalue weighted by molar-refractivity contribution is 0.112. The van der Waals surface area contributed by atoms with Crippen molar-refractivity contribution in [1.29, 1.82) is 0 Å². The predicted octanol–water partition coefficient (Wildman–Crippen LogP) is 3.21. The lowest BCUT2D eigenvalue weighted by atomic mass is 10.1. The highest BCUT2D eigenvalue weighted by atomic mass is 16.1. The minimum absolute atomic E-state index is 0.705. The monoisotopic (exact) mass is 250 g/mol. The van der Waals surface area contributed by atoms with Gasteiger partial charge in [-0.2, -0.15) is 0 Å². The van der Waals surface area contributed by atoms with Gasteiger partial charge in [0.25, 0.3) is 0 Å². The van der Waals surface area contributed by atoms with Crippen molar-refractivity contribution in [2.75, 3.05) is 0 Å². The number of pyridine rings is 1. The van der Waals surface area contributed by atoms with Gasteiger partial charge in [-0.3, -0.25) is 4.79 Å². The Morgan fingerprint density at radius 2 is 2.00 bits per heavy atom. The molecular formula is C16H14N2O. The zero-order valence-corrected chi connectivity index (χ0v) is 10.7. The number of aldehydes is 1. The van der Waals surface area contributed by atoms with E-state index in [1.165, 1.54) is 5.56 Å². The standard InChI is InChI=1S/C16H14N2O/c1-12-7-8-17-16-15(12)14(11-19)10-18(16)9-13-5-3-2-4-6-13/h2-8,10-11H,9H2,1H3. The zero-order chi connectivity index (χ0) is 13.2. The van der Waals surface area contributed by atoms with Crippen LogP contribution in [0, 0.1) is 6.92 Å². The van der Waals surface area contributed by atoms with Crippen molar-refractivity contribution in [2.45, 2.75) is 13.5 Å². The van der Waals surface area contributed by atoms with Crippen LogP contribution in [0.5, 0.6) is 0 Å². The third-order valence-corrected chi connectivity index (χ3v) is 3.32. The van der Waals surface area contributed by atoms with Crippen LogP contribution in [0.1, 0.15) is 21.5 Å². The van der Waals surface area contributed by atoms with Gasteiger partial charge in [0.15, 0.2) is 6.29 Å². The van der Waals surface area contributed by atoms with Crippen molar-refractivity contribution in [1.82, 2.24) is 9.55 Å². The van der Waals surface area contributed by atoms with Crippen molar-refractivity contribution in [3.05, 3.63) is 65.5 Å². The van der Waals surface area contributed by atoms with Gasteiger partial charge in [0, 0.05) is 29.9 Å². The van der Waals surface area contributed by atoms with Gasteiger partial charge in [-0.25, -0.2) is 4.98 Å². The van der Waals surface area contributed by atoms with Gasteiger partial charge >= 0.3 is 0 Å². The number of benzene rings is 1. The average Bonchev–Trinajstić information content (AvgIpc) is 2.80. The van der Waals surface area contributed by atoms with Crippen LogP contribution in [0.4, 0.5) is 0 Å². The Hall–Kier alpha value is -2.42. The Balaban J connectivity index is 2.14. The van der Waals surface area contributed by atoms with Crippen LogP contribution >= 0.6 is 0 Å². The van der Waals surface area contributed by atoms with Crippen LogP contribution in [0.2, 0.25) is 0 Å². The van der Waals surface area contributed by atoms with Gasteiger partial charge in [0.05, 0.1) is 0 Å². The quantitative estimate of drug-likeness (QED) is 0.669. The van der Waals surface area contributed by atoms with Gasteiger partial charge < -0.3 is 4.57 Å². The summed E-state index contributed by atoms with van der Waals surface area (Å²) in [5.41, 5.74) is 3.85. The molecule has 3 heteroatoms. The molecule has 0 N–H and O–H groups in total. The van der Waals surface area contributed by atoms with E-state index < -0.39 is 0 Å². The van der Waals surface area contributed by atoms with Crippen LogP contribution in [0.15, 0.2) is 48.8 Å². The highest BCUT2D eigenvalue weighted by Crippen LogP contribution is 2.22. The lowest BCUT2D eigenvalue weighted by Gasteiger charge is -2.05. The summed E-state index contributed by atoms with van der Waals surface area (Å²) in [6, 6.07) is 12.1. The number of aromatic nitrogens is 2. The predicted molar refractivity (Wildman–Crippen MR) is 75.4 cm³/mol. The van der Waals surface area contributed by atoms with E-state index >= 15 is 0 Å². The van der Waals surface area contributed by atoms with Gasteiger partial charge in [0.1, 0.15) is 5.65 Å². The van der Waals surface area contributed by atoms with Gasteiger partial charge in [-0.15, -0.1) is 0 Å². The number of hydrogen-bond donors (Lipinski definition) is 0. The first-order valence-electron chi connectivity index (χ1n) is 6.23. The number of rotatable bonds is 3. The van der Waals surface area contributed by atoms with Crippen molar-refractivity contribution < 1.29 is 4.79 Å². The molecular weight excluding hydrogens is 236 g/mol. The van der Waals surface area contributed by atoms with E-state index in [-0.39, 0.29) is 0 Å². The fourth-order valence-electron chi connectivity index (χ4n) is 2.40. The molecule has 3 aromatic rings. The smallest absolute Gasteiger partial charge is 0.152 e. The van der Waals surface area contributed by atoms with Crippen molar-refractivity contribution >= 4 is 17.3 Å². The highest BCUT2D eigenvalue weighted by molar-refractivity contribution is 5.97. The fraction of sp³-hybridized carbons (Fsp3) is 0.125. The van der Waals surface area contributed by atoms with E-state index in [0.717, 1.165) is 29.4 Å². The number of aryl methyl sites for hydroxylation is 1. The zero-order valence-electron chi connectivity index (χ0n) is 10.7. The molecule has 19 heavy (non-hydrogen) atoms. The summed E-state index contributed by atoms with van der Waals surface area (Å²) in [5.74, 6) is 0. The summed E-state index contributed by atoms with van der Waals surface area (Å²) < 4.78 is 2.03. The van der Waals surface area contributed by atoms with Crippen molar-refractivity contribution in [3.63, 3.8) is 0 Å². The Morgan fingerprint density at radius 1 is 1.21 bits per heavy atom. The SMILES string of the molecule is Cc1ccnc2c1c(C=O)cn2Cc1ccccc1. The van der Waals surface area contributed by atoms with E-state index in [1.54, 1.807) is 6.20 Å². The maximum atomic E-state index is 11.2. The average molecular weight is 250 g/mol. The molecule has 3 rings (SSSR count). The van der Waals surface area contributed by atoms with Crippen LogP contribution in [-0.2, 0) is 6.54 Å².